The number of ether oxygens (including phenoxy) is 4. The van der Waals surface area contributed by atoms with Gasteiger partial charge in [0.15, 0.2) is 11.5 Å². The maximum atomic E-state index is 12.3. The van der Waals surface area contributed by atoms with Crippen molar-refractivity contribution in [3.8, 4) is 23.0 Å². The first-order valence-electron chi connectivity index (χ1n) is 9.52. The Morgan fingerprint density at radius 3 is 2.03 bits per heavy atom. The molecule has 0 atom stereocenters. The van der Waals surface area contributed by atoms with Gasteiger partial charge in [-0.15, -0.1) is 0 Å². The zero-order chi connectivity index (χ0) is 21.3. The summed E-state index contributed by atoms with van der Waals surface area (Å²) < 4.78 is 21.2. The van der Waals surface area contributed by atoms with Crippen molar-refractivity contribution in [3.05, 3.63) is 96.3 Å². The van der Waals surface area contributed by atoms with Crippen LogP contribution in [0.3, 0.4) is 0 Å². The predicted octanol–water partition coefficient (Wildman–Crippen LogP) is 5.23. The predicted molar refractivity (Wildman–Crippen MR) is 116 cm³/mol. The van der Waals surface area contributed by atoms with Gasteiger partial charge in [-0.05, 0) is 72.5 Å². The summed E-state index contributed by atoms with van der Waals surface area (Å²) in [5.74, 6) is 2.14. The summed E-state index contributed by atoms with van der Waals surface area (Å²) in [5, 5.41) is 0. The summed E-state index contributed by atoms with van der Waals surface area (Å²) in [4.78, 5) is 12.3. The molecular formula is C25H24O5. The summed E-state index contributed by atoms with van der Waals surface area (Å²) in [7, 11) is 3.25. The van der Waals surface area contributed by atoms with Crippen LogP contribution in [0.4, 0.5) is 0 Å². The third-order valence-electron chi connectivity index (χ3n) is 4.59. The number of esters is 1. The molecule has 3 aromatic carbocycles. The molecule has 154 valence electrons. The van der Waals surface area contributed by atoms with E-state index < -0.39 is 5.97 Å². The number of hydrogen-bond donors (Lipinski definition) is 0. The molecule has 0 unspecified atom stereocenters. The van der Waals surface area contributed by atoms with Crippen molar-refractivity contribution in [1.82, 2.24) is 0 Å². The van der Waals surface area contributed by atoms with E-state index in [1.807, 2.05) is 30.3 Å². The lowest BCUT2D eigenvalue weighted by Gasteiger charge is -2.10. The Labute approximate surface area is 176 Å². The number of benzene rings is 3. The van der Waals surface area contributed by atoms with E-state index in [0.717, 1.165) is 35.5 Å². The summed E-state index contributed by atoms with van der Waals surface area (Å²) in [5.41, 5.74) is 2.76. The molecule has 0 aromatic heterocycles. The van der Waals surface area contributed by atoms with Gasteiger partial charge in [-0.25, -0.2) is 4.79 Å². The first-order valence-corrected chi connectivity index (χ1v) is 9.52. The smallest absolute Gasteiger partial charge is 0.343 e. The number of hydrogen-bond acceptors (Lipinski definition) is 5. The van der Waals surface area contributed by atoms with Gasteiger partial charge in [-0.3, -0.25) is 0 Å². The fourth-order valence-electron chi connectivity index (χ4n) is 2.98. The minimum atomic E-state index is -0.418. The number of carbonyl (C=O) groups excluding carboxylic acids is 1. The third-order valence-corrected chi connectivity index (χ3v) is 4.59. The maximum Gasteiger partial charge on any atom is 0.343 e. The second kappa shape index (κ2) is 10.2. The van der Waals surface area contributed by atoms with Gasteiger partial charge in [-0.1, -0.05) is 24.8 Å². The van der Waals surface area contributed by atoms with E-state index in [-0.39, 0.29) is 0 Å². The Morgan fingerprint density at radius 1 is 0.800 bits per heavy atom. The van der Waals surface area contributed by atoms with Gasteiger partial charge in [0.2, 0.25) is 0 Å². The van der Waals surface area contributed by atoms with E-state index in [0.29, 0.717) is 17.1 Å². The largest absolute Gasteiger partial charge is 0.493 e. The quantitative estimate of drug-likeness (QED) is 0.278. The normalized spacial score (nSPS) is 10.2. The second-order valence-corrected chi connectivity index (χ2v) is 6.53. The highest BCUT2D eigenvalue weighted by Crippen LogP contribution is 2.28. The first-order chi connectivity index (χ1) is 14.6. The molecule has 0 heterocycles. The Kier molecular flexibility index (Phi) is 7.11. The van der Waals surface area contributed by atoms with Gasteiger partial charge in [-0.2, -0.15) is 0 Å². The molecule has 0 amide bonds. The van der Waals surface area contributed by atoms with Crippen molar-refractivity contribution in [1.29, 1.82) is 0 Å². The molecule has 0 radical (unpaired) electrons. The highest BCUT2D eigenvalue weighted by atomic mass is 16.5. The monoisotopic (exact) mass is 404 g/mol. The highest BCUT2D eigenvalue weighted by Gasteiger charge is 2.09. The topological polar surface area (TPSA) is 54.0 Å². The number of methoxy groups -OCH3 is 2. The molecule has 0 spiro atoms. The van der Waals surface area contributed by atoms with Gasteiger partial charge in [0, 0.05) is 0 Å². The zero-order valence-corrected chi connectivity index (χ0v) is 17.1. The van der Waals surface area contributed by atoms with Crippen LogP contribution in [0.5, 0.6) is 23.0 Å². The van der Waals surface area contributed by atoms with Crippen LogP contribution in [0.25, 0.3) is 0 Å². The van der Waals surface area contributed by atoms with E-state index in [9.17, 15) is 4.79 Å². The Balaban J connectivity index is 1.57. The number of carbonyl (C=O) groups is 1. The lowest BCUT2D eigenvalue weighted by molar-refractivity contribution is 0.0734. The minimum absolute atomic E-state index is 0.418. The second-order valence-electron chi connectivity index (χ2n) is 6.53. The average molecular weight is 404 g/mol. The molecule has 0 saturated heterocycles. The van der Waals surface area contributed by atoms with Crippen LogP contribution in [-0.2, 0) is 12.8 Å². The van der Waals surface area contributed by atoms with Crippen molar-refractivity contribution in [2.75, 3.05) is 14.2 Å². The molecule has 0 saturated carbocycles. The summed E-state index contributed by atoms with van der Waals surface area (Å²) in [6.45, 7) is 3.50. The molecule has 0 N–H and O–H groups in total. The molecule has 5 heteroatoms. The fraction of sp³-hybridized carbons (Fsp3) is 0.160. The summed E-state index contributed by atoms with van der Waals surface area (Å²) in [6, 6.07) is 20.1. The Morgan fingerprint density at radius 2 is 1.40 bits per heavy atom. The van der Waals surface area contributed by atoms with Crippen LogP contribution in [-0.4, -0.2) is 20.2 Å². The van der Waals surface area contributed by atoms with E-state index in [1.165, 1.54) is 6.26 Å². The van der Waals surface area contributed by atoms with Gasteiger partial charge >= 0.3 is 5.97 Å². The van der Waals surface area contributed by atoms with Crippen LogP contribution in [0.2, 0.25) is 0 Å². The zero-order valence-electron chi connectivity index (χ0n) is 17.1. The molecular weight excluding hydrogens is 380 g/mol. The maximum absolute atomic E-state index is 12.3. The molecule has 5 nitrogen and oxygen atoms in total. The van der Waals surface area contributed by atoms with E-state index in [2.05, 4.69) is 6.58 Å². The van der Waals surface area contributed by atoms with Crippen LogP contribution in [0.1, 0.15) is 21.5 Å². The van der Waals surface area contributed by atoms with Gasteiger partial charge in [0.05, 0.1) is 26.0 Å². The first kappa shape index (κ1) is 21.0. The van der Waals surface area contributed by atoms with Gasteiger partial charge < -0.3 is 18.9 Å². The lowest BCUT2D eigenvalue weighted by atomic mass is 10.0. The molecule has 0 aliphatic rings. The molecule has 0 fully saturated rings. The molecule has 3 rings (SSSR count). The fourth-order valence-corrected chi connectivity index (χ4v) is 2.98. The van der Waals surface area contributed by atoms with Crippen molar-refractivity contribution >= 4 is 5.97 Å². The van der Waals surface area contributed by atoms with Crippen LogP contribution in [0.15, 0.2) is 79.6 Å². The van der Waals surface area contributed by atoms with Crippen molar-refractivity contribution in [2.24, 2.45) is 0 Å². The standard InChI is InChI=1S/C25H24O5/c1-4-29-21-14-10-20(11-15-21)25(26)30-22-12-7-18(8-13-22)5-6-19-9-16-23(27-2)24(17-19)28-3/h4,7-17H,1,5-6H2,2-3H3. The molecule has 0 aliphatic heterocycles. The third kappa shape index (κ3) is 5.41. The van der Waals surface area contributed by atoms with Crippen LogP contribution < -0.4 is 18.9 Å². The van der Waals surface area contributed by atoms with Crippen LogP contribution >= 0.6 is 0 Å². The molecule has 3 aromatic rings. The Bertz CT molecular complexity index is 991. The van der Waals surface area contributed by atoms with E-state index >= 15 is 0 Å². The SMILES string of the molecule is C=COc1ccc(C(=O)Oc2ccc(CCc3ccc(OC)c(OC)c3)cc2)cc1. The molecule has 0 bridgehead atoms. The highest BCUT2D eigenvalue weighted by molar-refractivity contribution is 5.91. The summed E-state index contributed by atoms with van der Waals surface area (Å²) in [6.07, 6.45) is 3.05. The van der Waals surface area contributed by atoms with Crippen molar-refractivity contribution < 1.29 is 23.7 Å². The van der Waals surface area contributed by atoms with E-state index in [4.69, 9.17) is 18.9 Å². The average Bonchev–Trinajstić information content (AvgIpc) is 2.79. The van der Waals surface area contributed by atoms with Crippen LogP contribution in [0, 0.1) is 0 Å². The molecule has 30 heavy (non-hydrogen) atoms. The van der Waals surface area contributed by atoms with Crippen molar-refractivity contribution in [2.45, 2.75) is 12.8 Å². The van der Waals surface area contributed by atoms with Gasteiger partial charge in [0.25, 0.3) is 0 Å². The minimum Gasteiger partial charge on any atom is -0.493 e. The van der Waals surface area contributed by atoms with E-state index in [1.54, 1.807) is 50.6 Å². The Hall–Kier alpha value is -3.73. The lowest BCUT2D eigenvalue weighted by Crippen LogP contribution is -2.08. The number of aryl methyl sites for hydroxylation is 2. The molecule has 0 aliphatic carbocycles. The number of rotatable bonds is 9. The summed E-state index contributed by atoms with van der Waals surface area (Å²) >= 11 is 0. The van der Waals surface area contributed by atoms with Crippen molar-refractivity contribution in [3.63, 3.8) is 0 Å². The van der Waals surface area contributed by atoms with Gasteiger partial charge in [0.1, 0.15) is 11.5 Å².